The van der Waals surface area contributed by atoms with E-state index in [0.717, 1.165) is 0 Å². The molecule has 0 aliphatic carbocycles. The van der Waals surface area contributed by atoms with Gasteiger partial charge in [-0.1, -0.05) is 0 Å². The predicted molar refractivity (Wildman–Crippen MR) is 73.4 cm³/mol. The maximum Gasteiger partial charge on any atom is 0.199 e. The Morgan fingerprint density at radius 1 is 1.33 bits per heavy atom. The third-order valence-electron chi connectivity index (χ3n) is 2.55. The van der Waals surface area contributed by atoms with Crippen molar-refractivity contribution in [3.8, 4) is 0 Å². The van der Waals surface area contributed by atoms with Gasteiger partial charge in [0.25, 0.3) is 0 Å². The lowest BCUT2D eigenvalue weighted by molar-refractivity contribution is -0.0263. The second-order valence-electron chi connectivity index (χ2n) is 3.86. The molecule has 2 rings (SSSR count). The predicted octanol–water partition coefficient (Wildman–Crippen LogP) is -1.97. The average molecular weight is 290 g/mol. The first kappa shape index (κ1) is 13.4. The van der Waals surface area contributed by atoms with E-state index in [0.29, 0.717) is 18.7 Å². The van der Waals surface area contributed by atoms with E-state index in [2.05, 4.69) is 33.6 Å². The van der Waals surface area contributed by atoms with Gasteiger partial charge in [0.2, 0.25) is 0 Å². The monoisotopic (exact) mass is 290 g/mol. The number of nitrogens with one attached hydrogen (secondary N) is 3. The number of fused-ring (bicyclic) bond motifs is 2. The number of hydrazine groups is 1. The molecule has 2 aliphatic heterocycles. The molecule has 100 valence electrons. The standard InChI is InChI=1S/C8H14N6O2S2/c9-7(17)13-11-3-1-4(12-14-8(10)18)6-15-2-5(3)16-6/h3,5-6,11H,1-2H2,(H3,9,13,17)(H3,10,14,18)/b12-4-. The number of hydrogen-bond donors (Lipinski definition) is 5. The van der Waals surface area contributed by atoms with Crippen molar-refractivity contribution in [2.75, 3.05) is 6.61 Å². The van der Waals surface area contributed by atoms with Crippen LogP contribution in [0.1, 0.15) is 6.42 Å². The number of ether oxygens (including phenoxy) is 2. The van der Waals surface area contributed by atoms with Crippen molar-refractivity contribution >= 4 is 40.4 Å². The van der Waals surface area contributed by atoms with Gasteiger partial charge in [0.15, 0.2) is 16.5 Å². The summed E-state index contributed by atoms with van der Waals surface area (Å²) in [5.74, 6) is 0. The summed E-state index contributed by atoms with van der Waals surface area (Å²) in [5, 5.41) is 4.31. The van der Waals surface area contributed by atoms with E-state index in [-0.39, 0.29) is 22.4 Å². The molecule has 2 fully saturated rings. The van der Waals surface area contributed by atoms with Gasteiger partial charge < -0.3 is 20.9 Å². The van der Waals surface area contributed by atoms with Crippen molar-refractivity contribution in [3.05, 3.63) is 0 Å². The molecule has 0 aromatic rings. The smallest absolute Gasteiger partial charge is 0.199 e. The Bertz CT molecular complexity index is 390. The Morgan fingerprint density at radius 2 is 2.11 bits per heavy atom. The second-order valence-corrected chi connectivity index (χ2v) is 4.74. The van der Waals surface area contributed by atoms with Gasteiger partial charge in [-0.25, -0.2) is 5.43 Å². The SMILES string of the molecule is NC(=S)N/N=C1/CC(NNC(N)=S)C2COC1O2. The van der Waals surface area contributed by atoms with Crippen molar-refractivity contribution in [2.45, 2.75) is 24.9 Å². The van der Waals surface area contributed by atoms with Gasteiger partial charge in [0.1, 0.15) is 6.10 Å². The number of thiocarbonyl (C=S) groups is 2. The molecule has 2 aliphatic rings. The number of rotatable bonds is 3. The van der Waals surface area contributed by atoms with Crippen LogP contribution in [0.5, 0.6) is 0 Å². The lowest BCUT2D eigenvalue weighted by Gasteiger charge is -2.29. The van der Waals surface area contributed by atoms with Crippen LogP contribution in [0.15, 0.2) is 5.10 Å². The minimum Gasteiger partial charge on any atom is -0.375 e. The van der Waals surface area contributed by atoms with Gasteiger partial charge in [0.05, 0.1) is 18.4 Å². The minimum atomic E-state index is -0.445. The van der Waals surface area contributed by atoms with Crippen LogP contribution < -0.4 is 27.7 Å². The second kappa shape index (κ2) is 5.71. The van der Waals surface area contributed by atoms with Gasteiger partial charge in [-0.15, -0.1) is 0 Å². The van der Waals surface area contributed by atoms with Crippen LogP contribution in [0.2, 0.25) is 0 Å². The topological polar surface area (TPSA) is 119 Å². The molecule has 0 radical (unpaired) electrons. The maximum atomic E-state index is 5.62. The number of nitrogens with two attached hydrogens (primary N) is 2. The van der Waals surface area contributed by atoms with Gasteiger partial charge in [0, 0.05) is 6.42 Å². The normalized spacial score (nSPS) is 32.2. The van der Waals surface area contributed by atoms with E-state index < -0.39 is 6.29 Å². The molecule has 2 saturated heterocycles. The van der Waals surface area contributed by atoms with E-state index in [9.17, 15) is 0 Å². The van der Waals surface area contributed by atoms with Crippen molar-refractivity contribution in [2.24, 2.45) is 16.6 Å². The van der Waals surface area contributed by atoms with Gasteiger partial charge in [-0.05, 0) is 24.4 Å². The molecule has 18 heavy (non-hydrogen) atoms. The first-order valence-electron chi connectivity index (χ1n) is 5.26. The highest BCUT2D eigenvalue weighted by Crippen LogP contribution is 2.25. The number of hydrazone groups is 1. The molecule has 3 atom stereocenters. The van der Waals surface area contributed by atoms with E-state index in [1.54, 1.807) is 0 Å². The molecule has 2 heterocycles. The first-order chi connectivity index (χ1) is 8.56. The fraction of sp³-hybridized carbons (Fsp3) is 0.625. The average Bonchev–Trinajstić information content (AvgIpc) is 2.71. The first-order valence-corrected chi connectivity index (χ1v) is 6.08. The van der Waals surface area contributed by atoms with Crippen molar-refractivity contribution in [3.63, 3.8) is 0 Å². The molecule has 10 heteroatoms. The molecule has 0 saturated carbocycles. The van der Waals surface area contributed by atoms with Crippen LogP contribution in [0, 0.1) is 0 Å². The summed E-state index contributed by atoms with van der Waals surface area (Å²) in [7, 11) is 0. The van der Waals surface area contributed by atoms with Crippen LogP contribution in [0.4, 0.5) is 0 Å². The Balaban J connectivity index is 1.98. The van der Waals surface area contributed by atoms with E-state index in [4.69, 9.17) is 33.2 Å². The fourth-order valence-corrected chi connectivity index (χ4v) is 1.90. The van der Waals surface area contributed by atoms with Crippen molar-refractivity contribution in [1.29, 1.82) is 0 Å². The summed E-state index contributed by atoms with van der Waals surface area (Å²) < 4.78 is 11.1. The van der Waals surface area contributed by atoms with Gasteiger partial charge >= 0.3 is 0 Å². The van der Waals surface area contributed by atoms with Crippen LogP contribution in [0.25, 0.3) is 0 Å². The summed E-state index contributed by atoms with van der Waals surface area (Å²) in [6.45, 7) is 0.480. The molecule has 0 spiro atoms. The largest absolute Gasteiger partial charge is 0.375 e. The Hall–Kier alpha value is -1.07. The zero-order chi connectivity index (χ0) is 13.1. The molecule has 2 bridgehead atoms. The number of hydrogen-bond acceptors (Lipinski definition) is 6. The highest BCUT2D eigenvalue weighted by atomic mass is 32.1. The maximum absolute atomic E-state index is 5.62. The van der Waals surface area contributed by atoms with Crippen LogP contribution in [-0.2, 0) is 9.47 Å². The molecule has 0 aromatic heterocycles. The summed E-state index contributed by atoms with van der Waals surface area (Å²) in [4.78, 5) is 0. The molecule has 7 N–H and O–H groups in total. The van der Waals surface area contributed by atoms with Gasteiger partial charge in [-0.3, -0.25) is 10.9 Å². The van der Waals surface area contributed by atoms with Crippen LogP contribution in [0.3, 0.4) is 0 Å². The molecular weight excluding hydrogens is 276 g/mol. The molecule has 0 aromatic carbocycles. The molecule has 3 unspecified atom stereocenters. The quantitative estimate of drug-likeness (QED) is 0.298. The van der Waals surface area contributed by atoms with Crippen LogP contribution in [-0.4, -0.2) is 41.0 Å². The van der Waals surface area contributed by atoms with Crippen LogP contribution >= 0.6 is 24.4 Å². The Kier molecular flexibility index (Phi) is 4.24. The van der Waals surface area contributed by atoms with Crippen molar-refractivity contribution in [1.82, 2.24) is 16.3 Å². The molecule has 8 nitrogen and oxygen atoms in total. The summed E-state index contributed by atoms with van der Waals surface area (Å²) >= 11 is 9.40. The Morgan fingerprint density at radius 3 is 2.78 bits per heavy atom. The highest BCUT2D eigenvalue weighted by Gasteiger charge is 2.42. The van der Waals surface area contributed by atoms with E-state index in [1.807, 2.05) is 0 Å². The lowest BCUT2D eigenvalue weighted by Crippen LogP contribution is -2.55. The Labute approximate surface area is 114 Å². The zero-order valence-electron chi connectivity index (χ0n) is 9.38. The summed E-state index contributed by atoms with van der Waals surface area (Å²) in [5.41, 5.74) is 19.5. The summed E-state index contributed by atoms with van der Waals surface area (Å²) in [6.07, 6.45) is 0.0981. The zero-order valence-corrected chi connectivity index (χ0v) is 11.0. The molecule has 0 amide bonds. The third kappa shape index (κ3) is 3.23. The summed E-state index contributed by atoms with van der Waals surface area (Å²) in [6, 6.07) is -0.0443. The fourth-order valence-electron chi connectivity index (χ4n) is 1.79. The lowest BCUT2D eigenvalue weighted by atomic mass is 10.0. The highest BCUT2D eigenvalue weighted by molar-refractivity contribution is 7.80. The minimum absolute atomic E-state index is 0.0443. The van der Waals surface area contributed by atoms with E-state index in [1.165, 1.54) is 0 Å². The molecular formula is C8H14N6O2S2. The number of nitrogens with zero attached hydrogens (tertiary/aromatic N) is 1. The van der Waals surface area contributed by atoms with Crippen molar-refractivity contribution < 1.29 is 9.47 Å². The van der Waals surface area contributed by atoms with Gasteiger partial charge in [-0.2, -0.15) is 5.10 Å². The van der Waals surface area contributed by atoms with E-state index >= 15 is 0 Å². The third-order valence-corrected chi connectivity index (χ3v) is 2.74.